The van der Waals surface area contributed by atoms with Crippen molar-refractivity contribution in [2.75, 3.05) is 6.61 Å². The lowest BCUT2D eigenvalue weighted by Crippen LogP contribution is -2.40. The number of halogens is 2. The van der Waals surface area contributed by atoms with Crippen LogP contribution in [0, 0.1) is 23.5 Å². The molecule has 0 saturated carbocycles. The Morgan fingerprint density at radius 2 is 1.82 bits per heavy atom. The maximum atomic E-state index is 13.4. The molecule has 0 aliphatic carbocycles. The van der Waals surface area contributed by atoms with Gasteiger partial charge in [-0.15, -0.1) is 5.92 Å². The minimum absolute atomic E-state index is 0.216. The Bertz CT molecular complexity index is 550. The van der Waals surface area contributed by atoms with E-state index in [1.54, 1.807) is 0 Å². The first-order chi connectivity index (χ1) is 10.1. The normalized spacial score (nSPS) is 12.0. The molecule has 1 aromatic rings. The Kier molecular flexibility index (Phi) is 6.77. The van der Waals surface area contributed by atoms with E-state index >= 15 is 0 Å². The number of benzene rings is 1. The second kappa shape index (κ2) is 7.89. The SMILES string of the molecule is CC(C)(C)[Si](C)(C)OCCCC#CCc1cc(F)ccc1F. The van der Waals surface area contributed by atoms with Crippen molar-refractivity contribution in [2.24, 2.45) is 0 Å². The molecule has 0 aliphatic heterocycles. The lowest BCUT2D eigenvalue weighted by atomic mass is 10.1. The fraction of sp³-hybridized carbons (Fsp3) is 0.556. The van der Waals surface area contributed by atoms with Crippen molar-refractivity contribution in [1.82, 2.24) is 0 Å². The third kappa shape index (κ3) is 5.90. The average Bonchev–Trinajstić information content (AvgIpc) is 2.40. The van der Waals surface area contributed by atoms with Crippen LogP contribution in [0.15, 0.2) is 18.2 Å². The van der Waals surface area contributed by atoms with Gasteiger partial charge in [0.05, 0.1) is 0 Å². The van der Waals surface area contributed by atoms with E-state index in [0.717, 1.165) is 18.6 Å². The Balaban J connectivity index is 2.33. The van der Waals surface area contributed by atoms with E-state index in [4.69, 9.17) is 4.43 Å². The smallest absolute Gasteiger partial charge is 0.191 e. The van der Waals surface area contributed by atoms with Gasteiger partial charge in [-0.05, 0) is 42.8 Å². The molecule has 1 nitrogen and oxygen atoms in total. The fourth-order valence-corrected chi connectivity index (χ4v) is 2.72. The van der Waals surface area contributed by atoms with Crippen molar-refractivity contribution in [3.8, 4) is 11.8 Å². The lowest BCUT2D eigenvalue weighted by molar-refractivity contribution is 0.284. The zero-order chi connectivity index (χ0) is 16.8. The Morgan fingerprint density at radius 3 is 2.45 bits per heavy atom. The summed E-state index contributed by atoms with van der Waals surface area (Å²) < 4.78 is 32.5. The van der Waals surface area contributed by atoms with Crippen LogP contribution >= 0.6 is 0 Å². The van der Waals surface area contributed by atoms with Gasteiger partial charge in [-0.25, -0.2) is 8.78 Å². The molecule has 0 amide bonds. The summed E-state index contributed by atoms with van der Waals surface area (Å²) >= 11 is 0. The molecule has 0 fully saturated rings. The summed E-state index contributed by atoms with van der Waals surface area (Å²) in [6.07, 6.45) is 1.82. The molecule has 0 aliphatic rings. The minimum Gasteiger partial charge on any atom is -0.417 e. The van der Waals surface area contributed by atoms with E-state index in [1.165, 1.54) is 6.07 Å². The molecule has 4 heteroatoms. The molecule has 0 N–H and O–H groups in total. The number of hydrogen-bond acceptors (Lipinski definition) is 1. The molecule has 0 bridgehead atoms. The summed E-state index contributed by atoms with van der Waals surface area (Å²) in [5.41, 5.74) is 0.310. The molecule has 1 aromatic carbocycles. The van der Waals surface area contributed by atoms with Crippen LogP contribution < -0.4 is 0 Å². The van der Waals surface area contributed by atoms with Crippen LogP contribution in [0.25, 0.3) is 0 Å². The highest BCUT2D eigenvalue weighted by atomic mass is 28.4. The maximum Gasteiger partial charge on any atom is 0.191 e. The van der Waals surface area contributed by atoms with Crippen molar-refractivity contribution in [3.05, 3.63) is 35.4 Å². The van der Waals surface area contributed by atoms with E-state index < -0.39 is 20.0 Å². The highest BCUT2D eigenvalue weighted by molar-refractivity contribution is 6.74. The summed E-state index contributed by atoms with van der Waals surface area (Å²) in [6, 6.07) is 3.45. The highest BCUT2D eigenvalue weighted by Gasteiger charge is 2.36. The van der Waals surface area contributed by atoms with Crippen molar-refractivity contribution in [2.45, 2.75) is 58.2 Å². The summed E-state index contributed by atoms with van der Waals surface area (Å²) in [6.45, 7) is 11.8. The second-order valence-electron chi connectivity index (χ2n) is 6.98. The van der Waals surface area contributed by atoms with Gasteiger partial charge in [0.2, 0.25) is 0 Å². The number of hydrogen-bond donors (Lipinski definition) is 0. The highest BCUT2D eigenvalue weighted by Crippen LogP contribution is 2.36. The van der Waals surface area contributed by atoms with E-state index in [2.05, 4.69) is 45.7 Å². The van der Waals surface area contributed by atoms with Crippen molar-refractivity contribution >= 4 is 8.32 Å². The van der Waals surface area contributed by atoms with Crippen LogP contribution in [-0.4, -0.2) is 14.9 Å². The van der Waals surface area contributed by atoms with Crippen LogP contribution in [0.1, 0.15) is 39.2 Å². The summed E-state index contributed by atoms with van der Waals surface area (Å²) in [4.78, 5) is 0. The quantitative estimate of drug-likeness (QED) is 0.405. The summed E-state index contributed by atoms with van der Waals surface area (Å²) in [5.74, 6) is 5.06. The first kappa shape index (κ1) is 18.9. The van der Waals surface area contributed by atoms with Crippen LogP contribution in [-0.2, 0) is 10.8 Å². The molecule has 0 unspecified atom stereocenters. The molecule has 0 atom stereocenters. The molecule has 0 spiro atoms. The zero-order valence-electron chi connectivity index (χ0n) is 14.2. The van der Waals surface area contributed by atoms with Gasteiger partial charge in [-0.3, -0.25) is 0 Å². The first-order valence-corrected chi connectivity index (χ1v) is 10.6. The van der Waals surface area contributed by atoms with Gasteiger partial charge < -0.3 is 4.43 Å². The molecule has 0 radical (unpaired) electrons. The molecule has 22 heavy (non-hydrogen) atoms. The van der Waals surface area contributed by atoms with Crippen LogP contribution in [0.5, 0.6) is 0 Å². The Hall–Kier alpha value is -1.18. The summed E-state index contributed by atoms with van der Waals surface area (Å²) in [7, 11) is -1.68. The van der Waals surface area contributed by atoms with Gasteiger partial charge in [-0.2, -0.15) is 0 Å². The Morgan fingerprint density at radius 1 is 1.14 bits per heavy atom. The van der Waals surface area contributed by atoms with Crippen LogP contribution in [0.4, 0.5) is 8.78 Å². The van der Waals surface area contributed by atoms with E-state index in [9.17, 15) is 8.78 Å². The van der Waals surface area contributed by atoms with Gasteiger partial charge in [-0.1, -0.05) is 26.7 Å². The predicted molar refractivity (Wildman–Crippen MR) is 90.2 cm³/mol. The summed E-state index contributed by atoms with van der Waals surface area (Å²) in [5, 5.41) is 0.216. The first-order valence-electron chi connectivity index (χ1n) is 7.67. The van der Waals surface area contributed by atoms with Gasteiger partial charge in [0.25, 0.3) is 0 Å². The number of rotatable bonds is 5. The molecule has 122 valence electrons. The van der Waals surface area contributed by atoms with E-state index in [1.807, 2.05) is 0 Å². The largest absolute Gasteiger partial charge is 0.417 e. The molecular weight excluding hydrogens is 298 g/mol. The second-order valence-corrected chi connectivity index (χ2v) is 11.8. The van der Waals surface area contributed by atoms with E-state index in [0.29, 0.717) is 18.6 Å². The zero-order valence-corrected chi connectivity index (χ0v) is 15.2. The fourth-order valence-electron chi connectivity index (χ4n) is 1.63. The van der Waals surface area contributed by atoms with Crippen LogP contribution in [0.2, 0.25) is 18.1 Å². The molecular formula is C18H26F2OSi. The number of unbranched alkanes of at least 4 members (excludes halogenated alkanes) is 1. The van der Waals surface area contributed by atoms with Crippen LogP contribution in [0.3, 0.4) is 0 Å². The third-order valence-electron chi connectivity index (χ3n) is 4.13. The predicted octanol–water partition coefficient (Wildman–Crippen LogP) is 5.31. The van der Waals surface area contributed by atoms with Gasteiger partial charge >= 0.3 is 0 Å². The lowest BCUT2D eigenvalue weighted by Gasteiger charge is -2.36. The average molecular weight is 324 g/mol. The van der Waals surface area contributed by atoms with E-state index in [-0.39, 0.29) is 11.5 Å². The topological polar surface area (TPSA) is 9.23 Å². The monoisotopic (exact) mass is 324 g/mol. The molecule has 1 rings (SSSR count). The minimum atomic E-state index is -1.68. The Labute approximate surface area is 134 Å². The van der Waals surface area contributed by atoms with Gasteiger partial charge in [0.15, 0.2) is 8.32 Å². The third-order valence-corrected chi connectivity index (χ3v) is 8.66. The van der Waals surface area contributed by atoms with Crippen molar-refractivity contribution < 1.29 is 13.2 Å². The van der Waals surface area contributed by atoms with Crippen molar-refractivity contribution in [1.29, 1.82) is 0 Å². The van der Waals surface area contributed by atoms with Crippen molar-refractivity contribution in [3.63, 3.8) is 0 Å². The molecule has 0 aromatic heterocycles. The van der Waals surface area contributed by atoms with Gasteiger partial charge in [0, 0.05) is 25.0 Å². The molecule has 0 saturated heterocycles. The maximum absolute atomic E-state index is 13.4. The van der Waals surface area contributed by atoms with Gasteiger partial charge in [0.1, 0.15) is 11.6 Å². The standard InChI is InChI=1S/C18H26F2OSi/c1-18(2,3)22(4,5)21-13-9-7-6-8-10-15-14-16(19)11-12-17(15)20/h11-12,14H,7,9-10,13H2,1-5H3. The molecule has 0 heterocycles.